The fourth-order valence-electron chi connectivity index (χ4n) is 3.60. The fourth-order valence-corrected chi connectivity index (χ4v) is 4.24. The first-order chi connectivity index (χ1) is 13.0. The molecule has 2 atom stereocenters. The number of hydrogen-bond acceptors (Lipinski definition) is 5. The highest BCUT2D eigenvalue weighted by Crippen LogP contribution is 2.45. The van der Waals surface area contributed by atoms with Crippen LogP contribution in [0.5, 0.6) is 0 Å². The molecule has 6 nitrogen and oxygen atoms in total. The minimum atomic E-state index is -1.09. The first-order valence-corrected chi connectivity index (χ1v) is 9.07. The molecule has 3 N–H and O–H groups in total. The molecular weight excluding hydrogens is 389 g/mol. The molecule has 2 aromatic rings. The number of aliphatic carboxylic acids is 1. The van der Waals surface area contributed by atoms with E-state index < -0.39 is 12.0 Å². The van der Waals surface area contributed by atoms with E-state index >= 15 is 0 Å². The maximum absolute atomic E-state index is 11.8. The molecule has 0 spiro atoms. The highest BCUT2D eigenvalue weighted by Gasteiger charge is 2.39. The number of hydrogen-bond donors (Lipinski definition) is 2. The van der Waals surface area contributed by atoms with Gasteiger partial charge in [-0.1, -0.05) is 52.6 Å². The zero-order valence-corrected chi connectivity index (χ0v) is 15.7. The molecule has 1 aliphatic rings. The SMILES string of the molecule is NCc1ccccc1C[C@H]1C[C@H](C(=O)O)N(N=C=O)c2cc(Cl)cc(Cl)c21. The summed E-state index contributed by atoms with van der Waals surface area (Å²) in [6.07, 6.45) is 2.21. The third-order valence-electron chi connectivity index (χ3n) is 4.77. The van der Waals surface area contributed by atoms with Crippen LogP contribution in [0.25, 0.3) is 0 Å². The first kappa shape index (κ1) is 19.4. The number of nitrogens with two attached hydrogens (primary N) is 1. The number of rotatable bonds is 5. The maximum Gasteiger partial charge on any atom is 0.328 e. The lowest BCUT2D eigenvalue weighted by atomic mass is 9.81. The molecule has 8 heteroatoms. The van der Waals surface area contributed by atoms with E-state index in [1.165, 1.54) is 6.08 Å². The summed E-state index contributed by atoms with van der Waals surface area (Å²) < 4.78 is 0. The van der Waals surface area contributed by atoms with Crippen molar-refractivity contribution in [3.63, 3.8) is 0 Å². The minimum absolute atomic E-state index is 0.198. The summed E-state index contributed by atoms with van der Waals surface area (Å²) >= 11 is 12.6. The number of halogens is 2. The van der Waals surface area contributed by atoms with Gasteiger partial charge in [-0.25, -0.2) is 14.6 Å². The van der Waals surface area contributed by atoms with Gasteiger partial charge in [-0.15, -0.1) is 0 Å². The second-order valence-corrected chi connectivity index (χ2v) is 7.16. The van der Waals surface area contributed by atoms with Gasteiger partial charge in [0.05, 0.1) is 5.69 Å². The monoisotopic (exact) mass is 405 g/mol. The van der Waals surface area contributed by atoms with Crippen LogP contribution in [0.2, 0.25) is 10.0 Å². The molecule has 0 saturated carbocycles. The lowest BCUT2D eigenvalue weighted by Crippen LogP contribution is -2.43. The lowest BCUT2D eigenvalue weighted by molar-refractivity contribution is -0.139. The maximum atomic E-state index is 11.8. The molecular formula is C19H17Cl2N3O3. The average Bonchev–Trinajstić information content (AvgIpc) is 2.63. The van der Waals surface area contributed by atoms with Crippen molar-refractivity contribution in [1.29, 1.82) is 0 Å². The second-order valence-electron chi connectivity index (χ2n) is 6.32. The highest BCUT2D eigenvalue weighted by atomic mass is 35.5. The predicted molar refractivity (Wildman–Crippen MR) is 104 cm³/mol. The van der Waals surface area contributed by atoms with E-state index in [-0.39, 0.29) is 12.3 Å². The third kappa shape index (κ3) is 3.84. The van der Waals surface area contributed by atoms with Crippen LogP contribution < -0.4 is 10.7 Å². The van der Waals surface area contributed by atoms with Gasteiger partial charge in [0.2, 0.25) is 0 Å². The van der Waals surface area contributed by atoms with Crippen LogP contribution in [0.1, 0.15) is 29.0 Å². The predicted octanol–water partition coefficient (Wildman–Crippen LogP) is 3.69. The van der Waals surface area contributed by atoms with E-state index in [2.05, 4.69) is 5.10 Å². The Hall–Kier alpha value is -2.37. The van der Waals surface area contributed by atoms with E-state index in [9.17, 15) is 14.7 Å². The van der Waals surface area contributed by atoms with Crippen molar-refractivity contribution in [2.75, 3.05) is 5.01 Å². The summed E-state index contributed by atoms with van der Waals surface area (Å²) in [4.78, 5) is 22.7. The molecule has 0 saturated heterocycles. The molecule has 1 aliphatic heterocycles. The summed E-state index contributed by atoms with van der Waals surface area (Å²) in [5.41, 5.74) is 8.97. The molecule has 0 unspecified atom stereocenters. The first-order valence-electron chi connectivity index (χ1n) is 8.31. The van der Waals surface area contributed by atoms with Gasteiger partial charge in [-0.2, -0.15) is 0 Å². The molecule has 0 aromatic heterocycles. The quantitative estimate of drug-likeness (QED) is 0.583. The number of anilines is 1. The Kier molecular flexibility index (Phi) is 5.82. The van der Waals surface area contributed by atoms with Crippen LogP contribution in [-0.4, -0.2) is 23.2 Å². The van der Waals surface area contributed by atoms with Crippen molar-refractivity contribution in [3.8, 4) is 0 Å². The van der Waals surface area contributed by atoms with E-state index in [4.69, 9.17) is 28.9 Å². The van der Waals surface area contributed by atoms with Crippen molar-refractivity contribution in [2.24, 2.45) is 10.8 Å². The van der Waals surface area contributed by atoms with Crippen LogP contribution in [0.4, 0.5) is 5.69 Å². The lowest BCUT2D eigenvalue weighted by Gasteiger charge is -2.37. The van der Waals surface area contributed by atoms with Crippen LogP contribution in [-0.2, 0) is 22.6 Å². The Morgan fingerprint density at radius 2 is 2.00 bits per heavy atom. The molecule has 2 aromatic carbocycles. The van der Waals surface area contributed by atoms with E-state index in [0.29, 0.717) is 34.3 Å². The number of isocyanates is 1. The molecule has 0 radical (unpaired) electrons. The Morgan fingerprint density at radius 1 is 1.30 bits per heavy atom. The van der Waals surface area contributed by atoms with Crippen molar-refractivity contribution in [1.82, 2.24) is 0 Å². The second kappa shape index (κ2) is 8.11. The minimum Gasteiger partial charge on any atom is -0.480 e. The average molecular weight is 406 g/mol. The number of hydrazone groups is 1. The summed E-state index contributed by atoms with van der Waals surface area (Å²) in [6.45, 7) is 0.383. The number of nitrogens with zero attached hydrogens (tertiary/aromatic N) is 2. The molecule has 0 aliphatic carbocycles. The van der Waals surface area contributed by atoms with Gasteiger partial charge in [0.1, 0.15) is 0 Å². The molecule has 0 bridgehead atoms. The van der Waals surface area contributed by atoms with Gasteiger partial charge in [0, 0.05) is 16.6 Å². The van der Waals surface area contributed by atoms with Crippen LogP contribution in [0.3, 0.4) is 0 Å². The van der Waals surface area contributed by atoms with Gasteiger partial charge in [-0.05, 0) is 47.6 Å². The van der Waals surface area contributed by atoms with E-state index in [0.717, 1.165) is 16.1 Å². The standard InChI is InChI=1S/C19H17Cl2N3O3/c20-14-7-15(21)18-13(5-11-3-1-2-4-12(11)9-22)6-17(19(26)27)24(23-10-25)16(18)8-14/h1-4,7-8,13,17H,5-6,9,22H2,(H,26,27)/t13-,17+/m0/s1. The summed E-state index contributed by atoms with van der Waals surface area (Å²) in [5.74, 6) is -1.29. The molecule has 27 heavy (non-hydrogen) atoms. The molecule has 0 fully saturated rings. The molecule has 1 heterocycles. The fraction of sp³-hybridized carbons (Fsp3) is 0.263. The number of carbonyl (C=O) groups is 1. The summed E-state index contributed by atoms with van der Waals surface area (Å²) in [5, 5.41) is 15.1. The Labute approximate surface area is 166 Å². The molecule has 0 amide bonds. The van der Waals surface area contributed by atoms with Gasteiger partial charge in [0.25, 0.3) is 6.08 Å². The van der Waals surface area contributed by atoms with Crippen molar-refractivity contribution in [3.05, 3.63) is 63.1 Å². The van der Waals surface area contributed by atoms with E-state index in [1.807, 2.05) is 24.3 Å². The van der Waals surface area contributed by atoms with Crippen molar-refractivity contribution >= 4 is 40.9 Å². The van der Waals surface area contributed by atoms with Crippen molar-refractivity contribution in [2.45, 2.75) is 31.3 Å². The highest BCUT2D eigenvalue weighted by molar-refractivity contribution is 6.35. The largest absolute Gasteiger partial charge is 0.480 e. The molecule has 140 valence electrons. The normalized spacial score (nSPS) is 18.6. The number of benzene rings is 2. The van der Waals surface area contributed by atoms with Crippen LogP contribution in [0.15, 0.2) is 41.5 Å². The Bertz CT molecular complexity index is 928. The Morgan fingerprint density at radius 3 is 2.63 bits per heavy atom. The zero-order chi connectivity index (χ0) is 19.6. The third-order valence-corrected chi connectivity index (χ3v) is 5.30. The topological polar surface area (TPSA) is 96.0 Å². The van der Waals surface area contributed by atoms with Gasteiger partial charge in [0.15, 0.2) is 6.04 Å². The van der Waals surface area contributed by atoms with Crippen LogP contribution >= 0.6 is 23.2 Å². The summed E-state index contributed by atoms with van der Waals surface area (Å²) in [6, 6.07) is 9.89. The zero-order valence-electron chi connectivity index (χ0n) is 14.2. The number of carbonyl (C=O) groups excluding carboxylic acids is 1. The summed E-state index contributed by atoms with van der Waals surface area (Å²) in [7, 11) is 0. The number of carboxylic acid groups (broad SMARTS) is 1. The number of fused-ring (bicyclic) bond motifs is 1. The van der Waals surface area contributed by atoms with Crippen LogP contribution in [0, 0.1) is 0 Å². The van der Waals surface area contributed by atoms with E-state index in [1.54, 1.807) is 12.1 Å². The van der Waals surface area contributed by atoms with Gasteiger partial charge in [-0.3, -0.25) is 0 Å². The molecule has 3 rings (SSSR count). The smallest absolute Gasteiger partial charge is 0.328 e. The van der Waals surface area contributed by atoms with Gasteiger partial charge < -0.3 is 10.8 Å². The van der Waals surface area contributed by atoms with Crippen molar-refractivity contribution < 1.29 is 14.7 Å². The van der Waals surface area contributed by atoms with Gasteiger partial charge >= 0.3 is 5.97 Å². The Balaban J connectivity index is 2.13. The number of carboxylic acids is 1.